The van der Waals surface area contributed by atoms with Crippen molar-refractivity contribution in [3.63, 3.8) is 0 Å². The number of hydrogen-bond donors (Lipinski definition) is 0. The number of para-hydroxylation sites is 5. The molecular formula is C55H34N4. The highest BCUT2D eigenvalue weighted by molar-refractivity contribution is 6.24. The Morgan fingerprint density at radius 2 is 0.763 bits per heavy atom. The lowest BCUT2D eigenvalue weighted by Crippen LogP contribution is -2.00. The van der Waals surface area contributed by atoms with Crippen LogP contribution in [0.5, 0.6) is 0 Å². The van der Waals surface area contributed by atoms with Crippen LogP contribution in [-0.4, -0.2) is 18.7 Å². The van der Waals surface area contributed by atoms with E-state index in [0.717, 1.165) is 50.1 Å². The Kier molecular flexibility index (Phi) is 6.69. The highest BCUT2D eigenvalue weighted by Crippen LogP contribution is 2.43. The first-order valence-corrected chi connectivity index (χ1v) is 20.2. The van der Waals surface area contributed by atoms with Gasteiger partial charge < -0.3 is 13.7 Å². The van der Waals surface area contributed by atoms with Crippen LogP contribution in [0.2, 0.25) is 0 Å². The Hall–Kier alpha value is -7.95. The summed E-state index contributed by atoms with van der Waals surface area (Å²) in [6.45, 7) is 0. The predicted molar refractivity (Wildman–Crippen MR) is 248 cm³/mol. The number of fused-ring (bicyclic) bond motifs is 13. The molecule has 0 bridgehead atoms. The molecule has 0 radical (unpaired) electrons. The first kappa shape index (κ1) is 32.2. The van der Waals surface area contributed by atoms with E-state index in [9.17, 15) is 0 Å². The van der Waals surface area contributed by atoms with Gasteiger partial charge in [-0.2, -0.15) is 0 Å². The molecule has 0 amide bonds. The summed E-state index contributed by atoms with van der Waals surface area (Å²) < 4.78 is 7.38. The quantitative estimate of drug-likeness (QED) is 0.165. The number of benzene rings is 9. The lowest BCUT2D eigenvalue weighted by Gasteiger charge is -2.15. The molecule has 13 rings (SSSR count). The van der Waals surface area contributed by atoms with Crippen LogP contribution in [0, 0.1) is 0 Å². The van der Waals surface area contributed by atoms with E-state index in [1.807, 2.05) is 0 Å². The van der Waals surface area contributed by atoms with E-state index in [4.69, 9.17) is 4.98 Å². The molecule has 0 saturated carbocycles. The van der Waals surface area contributed by atoms with Crippen molar-refractivity contribution in [2.45, 2.75) is 0 Å². The first-order valence-electron chi connectivity index (χ1n) is 20.2. The number of aromatic nitrogens is 4. The fraction of sp³-hybridized carbons (Fsp3) is 0. The summed E-state index contributed by atoms with van der Waals surface area (Å²) in [7, 11) is 0. The van der Waals surface area contributed by atoms with E-state index >= 15 is 0 Å². The lowest BCUT2D eigenvalue weighted by molar-refractivity contribution is 1.13. The van der Waals surface area contributed by atoms with Gasteiger partial charge in [-0.05, 0) is 72.1 Å². The first-order chi connectivity index (χ1) is 29.3. The molecule has 274 valence electrons. The Labute approximate surface area is 339 Å². The van der Waals surface area contributed by atoms with Crippen molar-refractivity contribution in [3.8, 4) is 28.3 Å². The topological polar surface area (TPSA) is 27.7 Å². The number of rotatable bonds is 4. The Bertz CT molecular complexity index is 3830. The monoisotopic (exact) mass is 750 g/mol. The molecule has 0 saturated heterocycles. The molecule has 0 fully saturated rings. The maximum atomic E-state index is 5.30. The van der Waals surface area contributed by atoms with Gasteiger partial charge >= 0.3 is 0 Å². The second-order valence-electron chi connectivity index (χ2n) is 15.5. The van der Waals surface area contributed by atoms with Crippen molar-refractivity contribution in [1.29, 1.82) is 0 Å². The zero-order valence-corrected chi connectivity index (χ0v) is 31.9. The minimum Gasteiger partial charge on any atom is -0.309 e. The van der Waals surface area contributed by atoms with Crippen LogP contribution in [0.1, 0.15) is 0 Å². The zero-order chi connectivity index (χ0) is 38.6. The predicted octanol–water partition coefficient (Wildman–Crippen LogP) is 14.3. The van der Waals surface area contributed by atoms with Gasteiger partial charge in [-0.15, -0.1) is 0 Å². The van der Waals surface area contributed by atoms with Crippen LogP contribution in [-0.2, 0) is 0 Å². The van der Waals surface area contributed by atoms with Crippen LogP contribution in [0.4, 0.5) is 0 Å². The molecule has 13 aromatic rings. The molecule has 59 heavy (non-hydrogen) atoms. The molecule has 4 aromatic heterocycles. The largest absolute Gasteiger partial charge is 0.309 e. The molecule has 4 heterocycles. The van der Waals surface area contributed by atoms with Gasteiger partial charge in [0.2, 0.25) is 0 Å². The summed E-state index contributed by atoms with van der Waals surface area (Å²) >= 11 is 0. The molecule has 0 aliphatic heterocycles. The molecule has 4 heteroatoms. The van der Waals surface area contributed by atoms with Crippen LogP contribution in [0.25, 0.3) is 115 Å². The second-order valence-corrected chi connectivity index (χ2v) is 15.5. The SMILES string of the molecule is c1ccc(-c2nc3ccccc3c3cc4c5ccccc5n(-c5cccc(-n6c7ccccc7c7ccc8c9ccccc9n(-c9ccccc9)c8c76)c5)c4cc23)cc1. The van der Waals surface area contributed by atoms with E-state index < -0.39 is 0 Å². The lowest BCUT2D eigenvalue weighted by atomic mass is 9.98. The highest BCUT2D eigenvalue weighted by atomic mass is 15.1. The normalized spacial score (nSPS) is 12.1. The van der Waals surface area contributed by atoms with Crippen molar-refractivity contribution >= 4 is 87.1 Å². The Morgan fingerprint density at radius 3 is 1.42 bits per heavy atom. The molecule has 0 spiro atoms. The maximum absolute atomic E-state index is 5.30. The van der Waals surface area contributed by atoms with Crippen LogP contribution >= 0.6 is 0 Å². The highest BCUT2D eigenvalue weighted by Gasteiger charge is 2.22. The van der Waals surface area contributed by atoms with E-state index in [-0.39, 0.29) is 0 Å². The maximum Gasteiger partial charge on any atom is 0.0788 e. The summed E-state index contributed by atoms with van der Waals surface area (Å²) in [4.78, 5) is 5.30. The standard InChI is InChI=1S/C55H34N4/c1-3-16-35(17-4-1)53-47-34-52-46(33-45(47)39-22-7-11-26-48(39)56-53)42-25-10-12-27-49(42)57(52)37-20-15-21-38(32-37)59-51-29-14-9-24-41(51)44-31-30-43-40-23-8-13-28-50(40)58(54(43)55(44)59)36-18-5-2-6-19-36/h1-34H. The van der Waals surface area contributed by atoms with Gasteiger partial charge in [-0.3, -0.25) is 0 Å². The minimum atomic E-state index is 0.995. The van der Waals surface area contributed by atoms with Gasteiger partial charge in [0.15, 0.2) is 0 Å². The van der Waals surface area contributed by atoms with Gasteiger partial charge in [0.25, 0.3) is 0 Å². The van der Waals surface area contributed by atoms with Crippen molar-refractivity contribution in [2.75, 3.05) is 0 Å². The molecular weight excluding hydrogens is 717 g/mol. The molecule has 4 nitrogen and oxygen atoms in total. The van der Waals surface area contributed by atoms with Gasteiger partial charge in [-0.25, -0.2) is 4.98 Å². The summed E-state index contributed by atoms with van der Waals surface area (Å²) in [5.41, 5.74) is 13.5. The number of pyridine rings is 1. The van der Waals surface area contributed by atoms with Crippen molar-refractivity contribution in [3.05, 3.63) is 206 Å². The van der Waals surface area contributed by atoms with E-state index in [1.54, 1.807) is 0 Å². The summed E-state index contributed by atoms with van der Waals surface area (Å²) in [6, 6.07) is 74.9. The van der Waals surface area contributed by atoms with Crippen LogP contribution in [0.3, 0.4) is 0 Å². The molecule has 0 aliphatic rings. The molecule has 0 unspecified atom stereocenters. The summed E-state index contributed by atoms with van der Waals surface area (Å²) in [6.07, 6.45) is 0. The fourth-order valence-corrected chi connectivity index (χ4v) is 9.89. The van der Waals surface area contributed by atoms with Gasteiger partial charge in [0.1, 0.15) is 0 Å². The Morgan fingerprint density at radius 1 is 0.271 bits per heavy atom. The van der Waals surface area contributed by atoms with E-state index in [1.165, 1.54) is 65.3 Å². The number of nitrogens with zero attached hydrogens (tertiary/aromatic N) is 4. The van der Waals surface area contributed by atoms with Crippen molar-refractivity contribution in [2.24, 2.45) is 0 Å². The van der Waals surface area contributed by atoms with Gasteiger partial charge in [0, 0.05) is 65.7 Å². The molecule has 0 N–H and O–H groups in total. The third-order valence-corrected chi connectivity index (χ3v) is 12.4. The average molecular weight is 751 g/mol. The third kappa shape index (κ3) is 4.57. The van der Waals surface area contributed by atoms with Gasteiger partial charge in [-0.1, -0.05) is 140 Å². The second kappa shape index (κ2) is 12.3. The average Bonchev–Trinajstić information content (AvgIpc) is 3.94. The summed E-state index contributed by atoms with van der Waals surface area (Å²) in [5, 5.41) is 10.9. The van der Waals surface area contributed by atoms with Gasteiger partial charge in [0.05, 0.1) is 44.3 Å². The third-order valence-electron chi connectivity index (χ3n) is 12.4. The summed E-state index contributed by atoms with van der Waals surface area (Å²) in [5.74, 6) is 0. The van der Waals surface area contributed by atoms with E-state index in [2.05, 4.69) is 220 Å². The van der Waals surface area contributed by atoms with Crippen molar-refractivity contribution in [1.82, 2.24) is 18.7 Å². The Balaban J connectivity index is 1.13. The number of hydrogen-bond acceptors (Lipinski definition) is 1. The van der Waals surface area contributed by atoms with E-state index in [0.29, 0.717) is 0 Å². The molecule has 0 aliphatic carbocycles. The molecule has 9 aromatic carbocycles. The minimum absolute atomic E-state index is 0.995. The zero-order valence-electron chi connectivity index (χ0n) is 31.9. The van der Waals surface area contributed by atoms with Crippen LogP contribution < -0.4 is 0 Å². The van der Waals surface area contributed by atoms with Crippen LogP contribution in [0.15, 0.2) is 206 Å². The smallest absolute Gasteiger partial charge is 0.0788 e. The molecule has 0 atom stereocenters. The fourth-order valence-electron chi connectivity index (χ4n) is 9.89. The van der Waals surface area contributed by atoms with Crippen molar-refractivity contribution < 1.29 is 0 Å².